The zero-order valence-electron chi connectivity index (χ0n) is 16.0. The Kier molecular flexibility index (Phi) is 4.96. The van der Waals surface area contributed by atoms with E-state index in [1.807, 2.05) is 6.20 Å². The van der Waals surface area contributed by atoms with Crippen molar-refractivity contribution in [1.29, 1.82) is 0 Å². The fourth-order valence-electron chi connectivity index (χ4n) is 4.02. The van der Waals surface area contributed by atoms with E-state index in [-0.39, 0.29) is 0 Å². The summed E-state index contributed by atoms with van der Waals surface area (Å²) in [5, 5.41) is 0. The summed E-state index contributed by atoms with van der Waals surface area (Å²) in [7, 11) is 0. The largest absolute Gasteiger partial charge is 0.368 e. The number of anilines is 3. The average Bonchev–Trinajstić information content (AvgIpc) is 2.71. The van der Waals surface area contributed by atoms with Crippen LogP contribution in [0, 0.1) is 13.8 Å². The van der Waals surface area contributed by atoms with E-state index in [0.717, 1.165) is 51.0 Å². The van der Waals surface area contributed by atoms with E-state index >= 15 is 0 Å². The summed E-state index contributed by atoms with van der Waals surface area (Å²) in [4.78, 5) is 16.7. The van der Waals surface area contributed by atoms with Crippen molar-refractivity contribution in [2.45, 2.75) is 33.1 Å². The minimum absolute atomic E-state index is 0.883. The molecule has 5 nitrogen and oxygen atoms in total. The van der Waals surface area contributed by atoms with Gasteiger partial charge in [0.2, 0.25) is 5.95 Å². The maximum Gasteiger partial charge on any atom is 0.227 e. The number of rotatable bonds is 3. The lowest BCUT2D eigenvalue weighted by molar-refractivity contribution is 0.571. The smallest absolute Gasteiger partial charge is 0.227 e. The minimum Gasteiger partial charge on any atom is -0.368 e. The molecule has 1 aromatic carbocycles. The van der Waals surface area contributed by atoms with Gasteiger partial charge in [-0.1, -0.05) is 12.1 Å². The van der Waals surface area contributed by atoms with Crippen LogP contribution in [-0.4, -0.2) is 49.2 Å². The summed E-state index contributed by atoms with van der Waals surface area (Å²) in [6.07, 6.45) is 5.81. The topological polar surface area (TPSA) is 35.5 Å². The highest BCUT2D eigenvalue weighted by Gasteiger charge is 2.21. The molecule has 138 valence electrons. The third kappa shape index (κ3) is 3.48. The monoisotopic (exact) mass is 351 g/mol. The second kappa shape index (κ2) is 7.52. The van der Waals surface area contributed by atoms with E-state index in [4.69, 9.17) is 4.98 Å². The zero-order valence-corrected chi connectivity index (χ0v) is 16.0. The van der Waals surface area contributed by atoms with Crippen molar-refractivity contribution >= 4 is 17.5 Å². The second-order valence-electron chi connectivity index (χ2n) is 7.46. The maximum atomic E-state index is 4.87. The molecule has 0 radical (unpaired) electrons. The van der Waals surface area contributed by atoms with Crippen molar-refractivity contribution in [2.24, 2.45) is 0 Å². The molecule has 0 aliphatic carbocycles. The van der Waals surface area contributed by atoms with Gasteiger partial charge in [-0.15, -0.1) is 0 Å². The molecule has 26 heavy (non-hydrogen) atoms. The summed E-state index contributed by atoms with van der Waals surface area (Å²) in [6.45, 7) is 10.6. The van der Waals surface area contributed by atoms with E-state index in [0.29, 0.717) is 0 Å². The summed E-state index contributed by atoms with van der Waals surface area (Å²) in [5.41, 5.74) is 4.12. The van der Waals surface area contributed by atoms with Gasteiger partial charge < -0.3 is 14.7 Å². The van der Waals surface area contributed by atoms with Gasteiger partial charge in [-0.2, -0.15) is 4.98 Å². The highest BCUT2D eigenvalue weighted by atomic mass is 15.3. The van der Waals surface area contributed by atoms with Crippen LogP contribution in [0.2, 0.25) is 0 Å². The predicted octanol–water partition coefficient (Wildman–Crippen LogP) is 3.41. The number of aromatic nitrogens is 2. The lowest BCUT2D eigenvalue weighted by Gasteiger charge is -2.37. The van der Waals surface area contributed by atoms with Crippen LogP contribution in [-0.2, 0) is 0 Å². The Bertz CT molecular complexity index is 746. The van der Waals surface area contributed by atoms with Crippen LogP contribution < -0.4 is 14.7 Å². The first kappa shape index (κ1) is 17.1. The molecule has 0 bridgehead atoms. The predicted molar refractivity (Wildman–Crippen MR) is 108 cm³/mol. The summed E-state index contributed by atoms with van der Waals surface area (Å²) >= 11 is 0. The van der Waals surface area contributed by atoms with Gasteiger partial charge in [-0.05, 0) is 56.4 Å². The third-order valence-corrected chi connectivity index (χ3v) is 5.79. The molecule has 1 aromatic heterocycles. The molecule has 0 amide bonds. The SMILES string of the molecule is Cc1cccc(N2CCN(c3nccc(N4CCCCC4)n3)CC2)c1C. The fourth-order valence-corrected chi connectivity index (χ4v) is 4.02. The normalized spacial score (nSPS) is 18.3. The summed E-state index contributed by atoms with van der Waals surface area (Å²) in [6, 6.07) is 8.65. The van der Waals surface area contributed by atoms with Gasteiger partial charge in [0.25, 0.3) is 0 Å². The molecule has 4 rings (SSSR count). The Morgan fingerprint density at radius 3 is 2.27 bits per heavy atom. The van der Waals surface area contributed by atoms with E-state index in [2.05, 4.69) is 57.8 Å². The second-order valence-corrected chi connectivity index (χ2v) is 7.46. The van der Waals surface area contributed by atoms with Gasteiger partial charge >= 0.3 is 0 Å². The first-order valence-electron chi connectivity index (χ1n) is 9.86. The van der Waals surface area contributed by atoms with Crippen molar-refractivity contribution < 1.29 is 0 Å². The molecule has 0 unspecified atom stereocenters. The highest BCUT2D eigenvalue weighted by molar-refractivity contribution is 5.57. The molecule has 2 aliphatic heterocycles. The molecule has 3 heterocycles. The van der Waals surface area contributed by atoms with Crippen LogP contribution in [0.5, 0.6) is 0 Å². The molecular weight excluding hydrogens is 322 g/mol. The Morgan fingerprint density at radius 2 is 1.50 bits per heavy atom. The maximum absolute atomic E-state index is 4.87. The van der Waals surface area contributed by atoms with Crippen molar-refractivity contribution in [3.05, 3.63) is 41.6 Å². The van der Waals surface area contributed by atoms with Crippen LogP contribution in [0.15, 0.2) is 30.5 Å². The highest BCUT2D eigenvalue weighted by Crippen LogP contribution is 2.25. The number of piperazine rings is 1. The van der Waals surface area contributed by atoms with Crippen molar-refractivity contribution in [2.75, 3.05) is 54.0 Å². The van der Waals surface area contributed by atoms with Crippen LogP contribution >= 0.6 is 0 Å². The van der Waals surface area contributed by atoms with Gasteiger partial charge in [0.1, 0.15) is 5.82 Å². The van der Waals surface area contributed by atoms with Crippen molar-refractivity contribution in [3.8, 4) is 0 Å². The standard InChI is InChI=1S/C21H29N5/c1-17-7-6-8-19(18(17)2)24-13-15-26(16-14-24)21-22-10-9-20(23-21)25-11-4-3-5-12-25/h6-10H,3-5,11-16H2,1-2H3. The number of hydrogen-bond donors (Lipinski definition) is 0. The van der Waals surface area contributed by atoms with Crippen molar-refractivity contribution in [1.82, 2.24) is 9.97 Å². The number of nitrogens with zero attached hydrogens (tertiary/aromatic N) is 5. The molecule has 2 aliphatic rings. The number of aryl methyl sites for hydroxylation is 1. The van der Waals surface area contributed by atoms with Gasteiger partial charge in [-0.25, -0.2) is 4.98 Å². The molecule has 0 N–H and O–H groups in total. The van der Waals surface area contributed by atoms with Crippen LogP contribution in [0.3, 0.4) is 0 Å². The lowest BCUT2D eigenvalue weighted by atomic mass is 10.1. The molecule has 0 atom stereocenters. The van der Waals surface area contributed by atoms with E-state index in [1.165, 1.54) is 36.1 Å². The van der Waals surface area contributed by atoms with E-state index < -0.39 is 0 Å². The number of hydrogen-bond acceptors (Lipinski definition) is 5. The molecule has 0 spiro atoms. The quantitative estimate of drug-likeness (QED) is 0.847. The van der Waals surface area contributed by atoms with Crippen molar-refractivity contribution in [3.63, 3.8) is 0 Å². The Labute approximate surface area is 156 Å². The fraction of sp³-hybridized carbons (Fsp3) is 0.524. The average molecular weight is 351 g/mol. The summed E-state index contributed by atoms with van der Waals surface area (Å²) in [5.74, 6) is 1.97. The minimum atomic E-state index is 0.883. The van der Waals surface area contributed by atoms with Crippen LogP contribution in [0.1, 0.15) is 30.4 Å². The van der Waals surface area contributed by atoms with Gasteiger partial charge in [0, 0.05) is 51.2 Å². The zero-order chi connectivity index (χ0) is 17.9. The molecule has 2 aromatic rings. The van der Waals surface area contributed by atoms with Gasteiger partial charge in [-0.3, -0.25) is 0 Å². The summed E-state index contributed by atoms with van der Waals surface area (Å²) < 4.78 is 0. The van der Waals surface area contributed by atoms with E-state index in [1.54, 1.807) is 0 Å². The van der Waals surface area contributed by atoms with Crippen LogP contribution in [0.4, 0.5) is 17.5 Å². The van der Waals surface area contributed by atoms with E-state index in [9.17, 15) is 0 Å². The lowest BCUT2D eigenvalue weighted by Crippen LogP contribution is -2.47. The van der Waals surface area contributed by atoms with Gasteiger partial charge in [0.15, 0.2) is 0 Å². The molecule has 0 saturated carbocycles. The first-order valence-corrected chi connectivity index (χ1v) is 9.86. The third-order valence-electron chi connectivity index (χ3n) is 5.79. The Hall–Kier alpha value is -2.30. The molecule has 5 heteroatoms. The number of benzene rings is 1. The molecular formula is C21H29N5. The Morgan fingerprint density at radius 1 is 0.769 bits per heavy atom. The number of piperidine rings is 1. The van der Waals surface area contributed by atoms with Gasteiger partial charge in [0.05, 0.1) is 0 Å². The molecule has 2 saturated heterocycles. The molecule has 2 fully saturated rings. The van der Waals surface area contributed by atoms with Crippen LogP contribution in [0.25, 0.3) is 0 Å². The Balaban J connectivity index is 1.44. The first-order chi connectivity index (χ1) is 12.7.